The number of nitrogens with zero attached hydrogens (tertiary/aromatic N) is 3. The molecule has 0 bridgehead atoms. The van der Waals surface area contributed by atoms with E-state index in [9.17, 15) is 9.18 Å². The lowest BCUT2D eigenvalue weighted by Crippen LogP contribution is -2.22. The largest absolute Gasteiger partial charge is 0.308 e. The molecule has 6 heteroatoms. The molecule has 0 unspecified atom stereocenters. The van der Waals surface area contributed by atoms with Crippen LogP contribution in [0.5, 0.6) is 0 Å². The van der Waals surface area contributed by atoms with E-state index in [2.05, 4.69) is 5.10 Å². The number of carbonyl (C=O) groups is 1. The second-order valence-corrected chi connectivity index (χ2v) is 5.54. The molecule has 1 aromatic carbocycles. The predicted octanol–water partition coefficient (Wildman–Crippen LogP) is 2.78. The van der Waals surface area contributed by atoms with E-state index < -0.39 is 11.6 Å². The molecule has 4 nitrogen and oxygen atoms in total. The molecular weight excluding hydrogens is 293 g/mol. The van der Waals surface area contributed by atoms with E-state index in [0.717, 1.165) is 0 Å². The van der Waals surface area contributed by atoms with Crippen molar-refractivity contribution >= 4 is 17.4 Å². The van der Waals surface area contributed by atoms with Crippen LogP contribution in [-0.2, 0) is 6.54 Å². The molecule has 0 saturated carbocycles. The third-order valence-electron chi connectivity index (χ3n) is 3.21. The van der Waals surface area contributed by atoms with Crippen molar-refractivity contribution in [1.82, 2.24) is 14.7 Å². The molecule has 0 saturated heterocycles. The quantitative estimate of drug-likeness (QED) is 0.797. The minimum absolute atomic E-state index is 0.0171. The first-order chi connectivity index (χ1) is 9.91. The number of carbonyl (C=O) groups excluding carboxylic acids is 1. The Hall–Kier alpha value is -1.72. The van der Waals surface area contributed by atoms with Gasteiger partial charge in [0, 0.05) is 6.54 Å². The fourth-order valence-corrected chi connectivity index (χ4v) is 2.23. The highest BCUT2D eigenvalue weighted by molar-refractivity contribution is 6.34. The first-order valence-electron chi connectivity index (χ1n) is 6.57. The van der Waals surface area contributed by atoms with Gasteiger partial charge in [-0.15, -0.1) is 0 Å². The van der Waals surface area contributed by atoms with Crippen molar-refractivity contribution in [3.8, 4) is 0 Å². The van der Waals surface area contributed by atoms with Gasteiger partial charge >= 0.3 is 0 Å². The number of hydrogen-bond acceptors (Lipinski definition) is 3. The van der Waals surface area contributed by atoms with Crippen LogP contribution in [-0.4, -0.2) is 41.1 Å². The summed E-state index contributed by atoms with van der Waals surface area (Å²) in [7, 11) is 3.85. The Balaban J connectivity index is 2.39. The van der Waals surface area contributed by atoms with Gasteiger partial charge in [-0.25, -0.2) is 4.39 Å². The van der Waals surface area contributed by atoms with E-state index in [1.807, 2.05) is 19.0 Å². The van der Waals surface area contributed by atoms with E-state index in [0.29, 0.717) is 18.7 Å². The second kappa shape index (κ2) is 6.37. The zero-order chi connectivity index (χ0) is 15.6. The van der Waals surface area contributed by atoms with Crippen LogP contribution in [0.15, 0.2) is 24.4 Å². The molecular formula is C15H17ClFN3O. The summed E-state index contributed by atoms with van der Waals surface area (Å²) in [6.07, 6.45) is 1.41. The van der Waals surface area contributed by atoms with Crippen LogP contribution < -0.4 is 0 Å². The third kappa shape index (κ3) is 3.31. The van der Waals surface area contributed by atoms with Crippen molar-refractivity contribution in [2.75, 3.05) is 20.6 Å². The van der Waals surface area contributed by atoms with Gasteiger partial charge in [0.1, 0.15) is 11.5 Å². The Labute approximate surface area is 128 Å². The Morgan fingerprint density at radius 1 is 1.43 bits per heavy atom. The van der Waals surface area contributed by atoms with Gasteiger partial charge in [0.15, 0.2) is 0 Å². The summed E-state index contributed by atoms with van der Waals surface area (Å²) in [5.74, 6) is -0.962. The summed E-state index contributed by atoms with van der Waals surface area (Å²) in [5.41, 5.74) is 0.669. The molecule has 21 heavy (non-hydrogen) atoms. The van der Waals surface area contributed by atoms with E-state index in [4.69, 9.17) is 11.6 Å². The highest BCUT2D eigenvalue weighted by atomic mass is 35.5. The average Bonchev–Trinajstić information content (AvgIpc) is 2.80. The summed E-state index contributed by atoms with van der Waals surface area (Å²) in [4.78, 5) is 14.5. The van der Waals surface area contributed by atoms with Crippen molar-refractivity contribution in [1.29, 1.82) is 0 Å². The van der Waals surface area contributed by atoms with Crippen molar-refractivity contribution in [2.24, 2.45) is 0 Å². The summed E-state index contributed by atoms with van der Waals surface area (Å²) in [5, 5.41) is 4.34. The number of ketones is 1. The molecule has 0 N–H and O–H groups in total. The summed E-state index contributed by atoms with van der Waals surface area (Å²) in [6.45, 7) is 2.83. The SMILES string of the molecule is Cc1cccc(C(=O)c2c(Cl)cnn2CCN(C)C)c1F. The zero-order valence-electron chi connectivity index (χ0n) is 12.2. The molecule has 1 aromatic heterocycles. The smallest absolute Gasteiger partial charge is 0.215 e. The van der Waals surface area contributed by atoms with Crippen LogP contribution in [0, 0.1) is 12.7 Å². The molecule has 0 fully saturated rings. The summed E-state index contributed by atoms with van der Waals surface area (Å²) < 4.78 is 15.6. The summed E-state index contributed by atoms with van der Waals surface area (Å²) >= 11 is 6.06. The van der Waals surface area contributed by atoms with E-state index in [1.165, 1.54) is 16.9 Å². The lowest BCUT2D eigenvalue weighted by atomic mass is 10.0. The number of halogens is 2. The zero-order valence-corrected chi connectivity index (χ0v) is 13.0. The molecule has 0 spiro atoms. The van der Waals surface area contributed by atoms with Crippen LogP contribution in [0.1, 0.15) is 21.6 Å². The Morgan fingerprint density at radius 2 is 2.14 bits per heavy atom. The maximum absolute atomic E-state index is 14.1. The maximum atomic E-state index is 14.1. The van der Waals surface area contributed by atoms with Crippen molar-refractivity contribution < 1.29 is 9.18 Å². The van der Waals surface area contributed by atoms with E-state index in [-0.39, 0.29) is 16.3 Å². The number of aromatic nitrogens is 2. The molecule has 1 heterocycles. The average molecular weight is 310 g/mol. The molecule has 0 aliphatic carbocycles. The normalized spacial score (nSPS) is 11.1. The second-order valence-electron chi connectivity index (χ2n) is 5.13. The first kappa shape index (κ1) is 15.7. The van der Waals surface area contributed by atoms with Crippen LogP contribution in [0.2, 0.25) is 5.02 Å². The number of hydrogen-bond donors (Lipinski definition) is 0. The first-order valence-corrected chi connectivity index (χ1v) is 6.95. The Morgan fingerprint density at radius 3 is 2.81 bits per heavy atom. The van der Waals surface area contributed by atoms with Crippen LogP contribution >= 0.6 is 11.6 Å². The highest BCUT2D eigenvalue weighted by Crippen LogP contribution is 2.22. The van der Waals surface area contributed by atoms with Gasteiger partial charge in [-0.2, -0.15) is 5.10 Å². The van der Waals surface area contributed by atoms with Crippen LogP contribution in [0.25, 0.3) is 0 Å². The monoisotopic (exact) mass is 309 g/mol. The van der Waals surface area contributed by atoms with Crippen molar-refractivity contribution in [2.45, 2.75) is 13.5 Å². The minimum atomic E-state index is -0.515. The van der Waals surface area contributed by atoms with Crippen molar-refractivity contribution in [3.63, 3.8) is 0 Å². The lowest BCUT2D eigenvalue weighted by Gasteiger charge is -2.12. The Kier molecular flexibility index (Phi) is 4.75. The topological polar surface area (TPSA) is 38.1 Å². The predicted molar refractivity (Wildman–Crippen MR) is 80.4 cm³/mol. The molecule has 0 radical (unpaired) electrons. The van der Waals surface area contributed by atoms with Crippen LogP contribution in [0.4, 0.5) is 4.39 Å². The molecule has 2 rings (SSSR count). The standard InChI is InChI=1S/C15H17ClFN3O/c1-10-5-4-6-11(13(10)17)15(21)14-12(16)9-18-20(14)8-7-19(2)3/h4-6,9H,7-8H2,1-3H3. The van der Waals surface area contributed by atoms with Gasteiger partial charge in [-0.05, 0) is 32.6 Å². The molecule has 0 aliphatic heterocycles. The molecule has 0 atom stereocenters. The van der Waals surface area contributed by atoms with E-state index in [1.54, 1.807) is 19.1 Å². The fraction of sp³-hybridized carbons (Fsp3) is 0.333. The van der Waals surface area contributed by atoms with Gasteiger partial charge < -0.3 is 4.90 Å². The van der Waals surface area contributed by atoms with Gasteiger partial charge in [0.05, 0.1) is 23.3 Å². The van der Waals surface area contributed by atoms with Gasteiger partial charge in [0.2, 0.25) is 5.78 Å². The molecule has 0 aliphatic rings. The van der Waals surface area contributed by atoms with E-state index >= 15 is 0 Å². The molecule has 2 aromatic rings. The highest BCUT2D eigenvalue weighted by Gasteiger charge is 2.22. The lowest BCUT2D eigenvalue weighted by molar-refractivity contribution is 0.102. The summed E-state index contributed by atoms with van der Waals surface area (Å²) in [6, 6.07) is 4.74. The number of likely N-dealkylation sites (N-methyl/N-ethyl adjacent to an activating group) is 1. The van der Waals surface area contributed by atoms with Crippen LogP contribution in [0.3, 0.4) is 0 Å². The third-order valence-corrected chi connectivity index (χ3v) is 3.48. The van der Waals surface area contributed by atoms with Gasteiger partial charge in [0.25, 0.3) is 0 Å². The minimum Gasteiger partial charge on any atom is -0.308 e. The Bertz CT molecular complexity index is 667. The van der Waals surface area contributed by atoms with Crippen molar-refractivity contribution in [3.05, 3.63) is 52.1 Å². The van der Waals surface area contributed by atoms with Gasteiger partial charge in [-0.1, -0.05) is 23.7 Å². The maximum Gasteiger partial charge on any atom is 0.215 e. The fourth-order valence-electron chi connectivity index (χ4n) is 2.00. The molecule has 0 amide bonds. The van der Waals surface area contributed by atoms with Gasteiger partial charge in [-0.3, -0.25) is 9.48 Å². The number of aryl methyl sites for hydroxylation is 1. The number of rotatable bonds is 5. The number of benzene rings is 1. The molecule has 112 valence electrons.